The van der Waals surface area contributed by atoms with E-state index in [0.717, 1.165) is 33.1 Å². The molecule has 238 valence electrons. The maximum atomic E-state index is 7.01. The van der Waals surface area contributed by atoms with Gasteiger partial charge in [-0.2, -0.15) is 0 Å². The summed E-state index contributed by atoms with van der Waals surface area (Å²) in [6.07, 6.45) is 0. The molecule has 0 spiro atoms. The predicted octanol–water partition coefficient (Wildman–Crippen LogP) is 15.0. The summed E-state index contributed by atoms with van der Waals surface area (Å²) in [6.45, 7) is 0. The lowest BCUT2D eigenvalue weighted by atomic mass is 9.87. The van der Waals surface area contributed by atoms with E-state index in [1.165, 1.54) is 75.1 Å². The maximum Gasteiger partial charge on any atom is 0.143 e. The maximum absolute atomic E-state index is 7.01. The van der Waals surface area contributed by atoms with Gasteiger partial charge < -0.3 is 4.42 Å². The van der Waals surface area contributed by atoms with Crippen LogP contribution in [0.2, 0.25) is 0 Å². The van der Waals surface area contributed by atoms with E-state index in [1.54, 1.807) is 22.7 Å². The Hall–Kier alpha value is -6.00. The van der Waals surface area contributed by atoms with Crippen molar-refractivity contribution in [3.8, 4) is 43.1 Å². The third-order valence-corrected chi connectivity index (χ3v) is 12.2. The van der Waals surface area contributed by atoms with Gasteiger partial charge in [0.05, 0.1) is 0 Å². The fraction of sp³-hybridized carbons (Fsp3) is 0. The van der Waals surface area contributed by atoms with E-state index >= 15 is 0 Å². The first-order valence-electron chi connectivity index (χ1n) is 17.2. The minimum atomic E-state index is 0.897. The quantitative estimate of drug-likeness (QED) is 0.168. The number of rotatable bonds is 4. The molecule has 3 heteroatoms. The van der Waals surface area contributed by atoms with Gasteiger partial charge in [0.25, 0.3) is 0 Å². The first kappa shape index (κ1) is 28.8. The first-order valence-corrected chi connectivity index (χ1v) is 19.0. The molecule has 0 radical (unpaired) electrons. The Morgan fingerprint density at radius 3 is 1.25 bits per heavy atom. The number of furan rings is 1. The standard InChI is InChI=1S/C48H28OS2/c1-5-16-35-31(12-1)44(32-13-2-6-17-36(32)46(35)42-22-10-26-50-42)29-24-25-30-39-20-9-21-40(48(39)49-41(30)28-29)45-33-14-3-7-18-37(33)47(43-23-11-27-51-43)38-19-8-4-15-34(38)45/h1-28H. The number of hydrogen-bond donors (Lipinski definition) is 0. The highest BCUT2D eigenvalue weighted by molar-refractivity contribution is 7.14. The lowest BCUT2D eigenvalue weighted by Gasteiger charge is -2.16. The van der Waals surface area contributed by atoms with Crippen LogP contribution in [-0.2, 0) is 0 Å². The van der Waals surface area contributed by atoms with Gasteiger partial charge in [-0.05, 0) is 89.2 Å². The van der Waals surface area contributed by atoms with E-state index in [4.69, 9.17) is 4.42 Å². The lowest BCUT2D eigenvalue weighted by molar-refractivity contribution is 0.670. The molecule has 0 aliphatic rings. The summed E-state index contributed by atoms with van der Waals surface area (Å²) in [4.78, 5) is 2.57. The summed E-state index contributed by atoms with van der Waals surface area (Å²) in [5.41, 5.74) is 9.15. The van der Waals surface area contributed by atoms with E-state index in [1.807, 2.05) is 0 Å². The second-order valence-electron chi connectivity index (χ2n) is 13.1. The molecule has 0 fully saturated rings. The van der Waals surface area contributed by atoms with Crippen molar-refractivity contribution in [2.24, 2.45) is 0 Å². The van der Waals surface area contributed by atoms with Crippen LogP contribution in [0.3, 0.4) is 0 Å². The van der Waals surface area contributed by atoms with Crippen molar-refractivity contribution in [1.29, 1.82) is 0 Å². The highest BCUT2D eigenvalue weighted by atomic mass is 32.1. The van der Waals surface area contributed by atoms with Crippen molar-refractivity contribution in [2.45, 2.75) is 0 Å². The Morgan fingerprint density at radius 1 is 0.333 bits per heavy atom. The van der Waals surface area contributed by atoms with Crippen molar-refractivity contribution in [3.63, 3.8) is 0 Å². The van der Waals surface area contributed by atoms with Crippen LogP contribution in [0.15, 0.2) is 173 Å². The molecule has 0 saturated carbocycles. The topological polar surface area (TPSA) is 13.1 Å². The van der Waals surface area contributed by atoms with Crippen molar-refractivity contribution >= 4 is 87.7 Å². The molecule has 0 aliphatic heterocycles. The molecule has 11 aromatic rings. The van der Waals surface area contributed by atoms with E-state index in [-0.39, 0.29) is 0 Å². The molecule has 0 atom stereocenters. The van der Waals surface area contributed by atoms with E-state index in [9.17, 15) is 0 Å². The second-order valence-corrected chi connectivity index (χ2v) is 15.0. The monoisotopic (exact) mass is 684 g/mol. The summed E-state index contributed by atoms with van der Waals surface area (Å²) in [5, 5.41) is 16.6. The average molecular weight is 685 g/mol. The fourth-order valence-corrected chi connectivity index (χ4v) is 9.98. The number of fused-ring (bicyclic) bond motifs is 7. The van der Waals surface area contributed by atoms with Gasteiger partial charge in [-0.1, -0.05) is 133 Å². The van der Waals surface area contributed by atoms with E-state index in [0.29, 0.717) is 0 Å². The van der Waals surface area contributed by atoms with Crippen LogP contribution in [0.5, 0.6) is 0 Å². The van der Waals surface area contributed by atoms with Gasteiger partial charge in [0.2, 0.25) is 0 Å². The summed E-state index contributed by atoms with van der Waals surface area (Å²) < 4.78 is 7.01. The van der Waals surface area contributed by atoms with Gasteiger partial charge in [-0.25, -0.2) is 0 Å². The van der Waals surface area contributed by atoms with Crippen molar-refractivity contribution < 1.29 is 4.42 Å². The minimum absolute atomic E-state index is 0.897. The predicted molar refractivity (Wildman–Crippen MR) is 221 cm³/mol. The Balaban J connectivity index is 1.18. The molecular weight excluding hydrogens is 657 g/mol. The van der Waals surface area contributed by atoms with Gasteiger partial charge in [0, 0.05) is 42.8 Å². The first-order chi connectivity index (χ1) is 25.3. The smallest absolute Gasteiger partial charge is 0.143 e. The average Bonchev–Trinajstić information content (AvgIpc) is 3.98. The molecule has 0 saturated heterocycles. The lowest BCUT2D eigenvalue weighted by Crippen LogP contribution is -1.89. The van der Waals surface area contributed by atoms with Gasteiger partial charge in [-0.15, -0.1) is 22.7 Å². The number of benzene rings is 8. The summed E-state index contributed by atoms with van der Waals surface area (Å²) in [6, 6.07) is 57.6. The molecule has 0 bridgehead atoms. The molecule has 0 amide bonds. The highest BCUT2D eigenvalue weighted by Crippen LogP contribution is 2.49. The zero-order chi connectivity index (χ0) is 33.5. The zero-order valence-electron chi connectivity index (χ0n) is 27.4. The normalized spacial score (nSPS) is 11.9. The highest BCUT2D eigenvalue weighted by Gasteiger charge is 2.22. The molecule has 11 rings (SSSR count). The van der Waals surface area contributed by atoms with E-state index in [2.05, 4.69) is 168 Å². The molecule has 3 aromatic heterocycles. The Kier molecular flexibility index (Phi) is 6.36. The van der Waals surface area contributed by atoms with Crippen LogP contribution in [0.25, 0.3) is 108 Å². The largest absolute Gasteiger partial charge is 0.455 e. The molecule has 51 heavy (non-hydrogen) atoms. The number of thiophene rings is 2. The molecule has 1 nitrogen and oxygen atoms in total. The molecule has 0 N–H and O–H groups in total. The summed E-state index contributed by atoms with van der Waals surface area (Å²) in [5.74, 6) is 0. The third kappa shape index (κ3) is 4.26. The Morgan fingerprint density at radius 2 is 0.784 bits per heavy atom. The van der Waals surface area contributed by atoms with Crippen LogP contribution < -0.4 is 0 Å². The van der Waals surface area contributed by atoms with Gasteiger partial charge in [-0.3, -0.25) is 0 Å². The van der Waals surface area contributed by atoms with Gasteiger partial charge >= 0.3 is 0 Å². The van der Waals surface area contributed by atoms with Crippen LogP contribution >= 0.6 is 22.7 Å². The van der Waals surface area contributed by atoms with Crippen LogP contribution in [-0.4, -0.2) is 0 Å². The summed E-state index contributed by atoms with van der Waals surface area (Å²) in [7, 11) is 0. The van der Waals surface area contributed by atoms with Crippen LogP contribution in [0, 0.1) is 0 Å². The fourth-order valence-electron chi connectivity index (χ4n) is 8.38. The SMILES string of the molecule is c1csc(-c2c3ccccc3c(-c3ccc4c(c3)oc3c(-c5c6ccccc6c(-c6cccs6)c6ccccc56)cccc34)c3ccccc23)c1. The molecular formula is C48H28OS2. The van der Waals surface area contributed by atoms with Crippen LogP contribution in [0.4, 0.5) is 0 Å². The zero-order valence-corrected chi connectivity index (χ0v) is 29.0. The molecule has 3 heterocycles. The third-order valence-electron chi connectivity index (χ3n) is 10.5. The summed E-state index contributed by atoms with van der Waals surface area (Å²) >= 11 is 3.59. The molecule has 0 unspecified atom stereocenters. The van der Waals surface area contributed by atoms with Crippen molar-refractivity contribution in [3.05, 3.63) is 168 Å². The number of para-hydroxylation sites is 1. The van der Waals surface area contributed by atoms with Crippen molar-refractivity contribution in [1.82, 2.24) is 0 Å². The van der Waals surface area contributed by atoms with Crippen molar-refractivity contribution in [2.75, 3.05) is 0 Å². The Labute approximate surface area is 302 Å². The molecule has 0 aliphatic carbocycles. The van der Waals surface area contributed by atoms with Crippen LogP contribution in [0.1, 0.15) is 0 Å². The van der Waals surface area contributed by atoms with Gasteiger partial charge in [0.15, 0.2) is 0 Å². The number of hydrogen-bond acceptors (Lipinski definition) is 3. The van der Waals surface area contributed by atoms with E-state index < -0.39 is 0 Å². The van der Waals surface area contributed by atoms with Gasteiger partial charge in [0.1, 0.15) is 11.2 Å². The minimum Gasteiger partial charge on any atom is -0.455 e. The second kappa shape index (κ2) is 11.3. The molecule has 8 aromatic carbocycles. The Bertz CT molecular complexity index is 3010.